The molecule has 3 aromatic rings. The van der Waals surface area contributed by atoms with E-state index in [2.05, 4.69) is 29.6 Å². The third-order valence-corrected chi connectivity index (χ3v) is 7.92. The number of nitrogens with zero attached hydrogens (tertiary/aromatic N) is 3. The first kappa shape index (κ1) is 24.1. The molecule has 5 nitrogen and oxygen atoms in total. The lowest BCUT2D eigenvalue weighted by Gasteiger charge is -2.16. The van der Waals surface area contributed by atoms with Gasteiger partial charge in [-0.15, -0.1) is 0 Å². The first-order valence-corrected chi connectivity index (χ1v) is 15.7. The molecule has 1 atom stereocenters. The molecule has 2 heterocycles. The van der Waals surface area contributed by atoms with Gasteiger partial charge in [0, 0.05) is 42.2 Å². The lowest BCUT2D eigenvalue weighted by molar-refractivity contribution is 0.0884. The van der Waals surface area contributed by atoms with Crippen LogP contribution >= 0.6 is 23.2 Å². The Labute approximate surface area is 195 Å². The highest BCUT2D eigenvalue weighted by molar-refractivity contribution is 7.84. The molecule has 0 saturated carbocycles. The fraction of sp³-hybridized carbons (Fsp3) is 0.333. The molecule has 0 saturated heterocycles. The molecule has 0 spiro atoms. The van der Waals surface area contributed by atoms with Crippen molar-refractivity contribution in [3.63, 3.8) is 0 Å². The van der Waals surface area contributed by atoms with Crippen LogP contribution in [-0.2, 0) is 22.3 Å². The minimum Gasteiger partial charge on any atom is -0.361 e. The Balaban J connectivity index is 2.01. The number of imidazole rings is 1. The number of hydrogen-bond donors (Lipinski definition) is 0. The van der Waals surface area contributed by atoms with Crippen LogP contribution in [0, 0.1) is 5.82 Å². The van der Waals surface area contributed by atoms with Crippen molar-refractivity contribution in [2.75, 3.05) is 12.9 Å². The van der Waals surface area contributed by atoms with E-state index in [9.17, 15) is 8.60 Å². The minimum absolute atomic E-state index is 0.180. The number of benzene rings is 1. The lowest BCUT2D eigenvalue weighted by Crippen LogP contribution is -2.22. The van der Waals surface area contributed by atoms with Gasteiger partial charge < -0.3 is 4.74 Å². The summed E-state index contributed by atoms with van der Waals surface area (Å²) in [7, 11) is -2.40. The van der Waals surface area contributed by atoms with E-state index in [1.54, 1.807) is 35.1 Å². The topological polar surface area (TPSA) is 57.0 Å². The molecule has 0 aliphatic rings. The molecule has 0 aliphatic heterocycles. The molecule has 2 aromatic heterocycles. The summed E-state index contributed by atoms with van der Waals surface area (Å²) in [4.78, 5) is 9.41. The molecule has 0 amide bonds. The van der Waals surface area contributed by atoms with Gasteiger partial charge in [-0.25, -0.2) is 14.4 Å². The summed E-state index contributed by atoms with van der Waals surface area (Å²) in [5.74, 6) is 0.0120. The monoisotopic (exact) mass is 499 g/mol. The van der Waals surface area contributed by atoms with Crippen LogP contribution in [0.2, 0.25) is 35.9 Å². The van der Waals surface area contributed by atoms with Crippen LogP contribution in [0.15, 0.2) is 41.4 Å². The molecule has 1 unspecified atom stereocenters. The van der Waals surface area contributed by atoms with Crippen molar-refractivity contribution in [2.45, 2.75) is 37.3 Å². The Kier molecular flexibility index (Phi) is 7.70. The largest absolute Gasteiger partial charge is 0.361 e. The highest BCUT2D eigenvalue weighted by Gasteiger charge is 2.22. The van der Waals surface area contributed by atoms with Crippen LogP contribution in [-0.4, -0.2) is 39.7 Å². The summed E-state index contributed by atoms with van der Waals surface area (Å²) < 4.78 is 32.7. The quantitative estimate of drug-likeness (QED) is 0.277. The average Bonchev–Trinajstić information content (AvgIpc) is 3.01. The maximum Gasteiger partial charge on any atom is 0.162 e. The van der Waals surface area contributed by atoms with Crippen molar-refractivity contribution < 1.29 is 13.3 Å². The Bertz CT molecular complexity index is 1100. The van der Waals surface area contributed by atoms with Crippen LogP contribution in [0.4, 0.5) is 4.39 Å². The van der Waals surface area contributed by atoms with Crippen molar-refractivity contribution in [1.82, 2.24) is 14.5 Å². The van der Waals surface area contributed by atoms with Gasteiger partial charge in [0.25, 0.3) is 0 Å². The fourth-order valence-corrected chi connectivity index (χ4v) is 4.73. The van der Waals surface area contributed by atoms with Crippen LogP contribution in [0.1, 0.15) is 0 Å². The van der Waals surface area contributed by atoms with E-state index in [-0.39, 0.29) is 6.73 Å². The zero-order valence-electron chi connectivity index (χ0n) is 17.8. The van der Waals surface area contributed by atoms with Gasteiger partial charge in [-0.2, -0.15) is 0 Å². The van der Waals surface area contributed by atoms with Crippen molar-refractivity contribution in [3.8, 4) is 22.8 Å². The molecule has 0 aliphatic carbocycles. The summed E-state index contributed by atoms with van der Waals surface area (Å²) in [6.45, 7) is 7.62. The van der Waals surface area contributed by atoms with E-state index in [4.69, 9.17) is 27.9 Å². The molecule has 1 aromatic carbocycles. The number of aromatic nitrogens is 3. The Morgan fingerprint density at radius 1 is 1.19 bits per heavy atom. The highest BCUT2D eigenvalue weighted by atomic mass is 35.5. The first-order chi connectivity index (χ1) is 14.6. The highest BCUT2D eigenvalue weighted by Crippen LogP contribution is 2.36. The first-order valence-electron chi connectivity index (χ1n) is 9.66. The van der Waals surface area contributed by atoms with Gasteiger partial charge >= 0.3 is 0 Å². The number of halogens is 3. The molecule has 31 heavy (non-hydrogen) atoms. The Morgan fingerprint density at radius 2 is 1.94 bits per heavy atom. The molecule has 10 heteroatoms. The second-order valence-corrected chi connectivity index (χ2v) is 16.1. The molecule has 0 N–H and O–H groups in total. The molecule has 0 bridgehead atoms. The molecule has 3 rings (SSSR count). The van der Waals surface area contributed by atoms with Crippen molar-refractivity contribution in [2.24, 2.45) is 0 Å². The van der Waals surface area contributed by atoms with E-state index in [1.165, 1.54) is 6.07 Å². The smallest absolute Gasteiger partial charge is 0.162 e. The summed E-state index contributed by atoms with van der Waals surface area (Å²) in [6.07, 6.45) is 2.72. The van der Waals surface area contributed by atoms with E-state index in [0.717, 1.165) is 12.2 Å². The number of rotatable bonds is 8. The van der Waals surface area contributed by atoms with E-state index in [0.29, 0.717) is 44.5 Å². The van der Waals surface area contributed by atoms with Crippen molar-refractivity contribution in [1.29, 1.82) is 0 Å². The lowest BCUT2D eigenvalue weighted by atomic mass is 10.2. The van der Waals surface area contributed by atoms with Crippen LogP contribution in [0.25, 0.3) is 22.8 Å². The van der Waals surface area contributed by atoms with Crippen LogP contribution in [0.3, 0.4) is 0 Å². The third kappa shape index (κ3) is 6.02. The van der Waals surface area contributed by atoms with Gasteiger partial charge in [0.05, 0.1) is 11.2 Å². The van der Waals surface area contributed by atoms with Gasteiger partial charge in [0.2, 0.25) is 0 Å². The van der Waals surface area contributed by atoms with Gasteiger partial charge in [0.15, 0.2) is 5.82 Å². The third-order valence-electron chi connectivity index (χ3n) is 4.61. The van der Waals surface area contributed by atoms with Gasteiger partial charge in [0.1, 0.15) is 29.1 Å². The second-order valence-electron chi connectivity index (χ2n) is 8.31. The SMILES string of the molecule is CS(=O)c1ccc(-c2nc(-c3ccc(F)cn3)n(COCC[Si](C)(C)C)c2Cl)c(Cl)c1. The molecular weight excluding hydrogens is 476 g/mol. The van der Waals surface area contributed by atoms with E-state index >= 15 is 0 Å². The van der Waals surface area contributed by atoms with E-state index < -0.39 is 24.7 Å². The maximum absolute atomic E-state index is 13.4. The Morgan fingerprint density at radius 3 is 2.52 bits per heavy atom. The molecule has 166 valence electrons. The summed E-state index contributed by atoms with van der Waals surface area (Å²) in [5, 5.41) is 0.721. The summed E-state index contributed by atoms with van der Waals surface area (Å²) >= 11 is 13.1. The zero-order valence-corrected chi connectivity index (χ0v) is 21.1. The van der Waals surface area contributed by atoms with Gasteiger partial charge in [-0.3, -0.25) is 8.78 Å². The predicted molar refractivity (Wildman–Crippen MR) is 127 cm³/mol. The van der Waals surface area contributed by atoms with Crippen LogP contribution in [0.5, 0.6) is 0 Å². The van der Waals surface area contributed by atoms with Crippen molar-refractivity contribution in [3.05, 3.63) is 52.5 Å². The normalized spacial score (nSPS) is 12.9. The van der Waals surface area contributed by atoms with Crippen LogP contribution < -0.4 is 0 Å². The summed E-state index contributed by atoms with van der Waals surface area (Å²) in [6, 6.07) is 8.99. The second kappa shape index (κ2) is 9.91. The summed E-state index contributed by atoms with van der Waals surface area (Å²) in [5.41, 5.74) is 1.52. The minimum atomic E-state index is -1.24. The average molecular weight is 500 g/mol. The molecular formula is C21H24Cl2FN3O2SSi. The molecule has 0 radical (unpaired) electrons. The van der Waals surface area contributed by atoms with Crippen molar-refractivity contribution >= 4 is 42.1 Å². The maximum atomic E-state index is 13.4. The Hall–Kier alpha value is -1.58. The number of ether oxygens (including phenoxy) is 1. The van der Waals surface area contributed by atoms with Gasteiger partial charge in [-0.1, -0.05) is 42.8 Å². The number of hydrogen-bond acceptors (Lipinski definition) is 4. The fourth-order valence-electron chi connectivity index (χ4n) is 2.83. The molecule has 0 fully saturated rings. The zero-order chi connectivity index (χ0) is 22.8. The standard InChI is InChI=1S/C21H24Cl2FN3O2SSi/c1-30(28)15-6-7-16(17(22)11-15)19-20(23)27(13-29-9-10-31(2,3)4)21(26-19)18-8-5-14(24)12-25-18/h5-8,11-12H,9-10,13H2,1-4H3. The van der Waals surface area contributed by atoms with E-state index in [1.807, 2.05) is 0 Å². The number of pyridine rings is 1. The van der Waals surface area contributed by atoms with Gasteiger partial charge in [-0.05, 0) is 36.4 Å². The predicted octanol–water partition coefficient (Wildman–Crippen LogP) is 6.11.